The molecule has 0 bridgehead atoms. The molecule has 0 unspecified atom stereocenters. The van der Waals surface area contributed by atoms with E-state index in [1.54, 1.807) is 43.3 Å². The maximum Gasteiger partial charge on any atom is 0.306 e. The number of aliphatic hydroxyl groups excluding tert-OH is 1. The number of halogens is 2. The van der Waals surface area contributed by atoms with Crippen molar-refractivity contribution in [1.29, 1.82) is 0 Å². The number of rotatable bonds is 10. The number of imidazole rings is 2. The number of hydrogen-bond donors (Lipinski definition) is 4. The fourth-order valence-electron chi connectivity index (χ4n) is 8.24. The summed E-state index contributed by atoms with van der Waals surface area (Å²) < 4.78 is 3.67. The molecule has 54 heavy (non-hydrogen) atoms. The van der Waals surface area contributed by atoms with E-state index < -0.39 is 18.0 Å². The second-order valence-electron chi connectivity index (χ2n) is 14.9. The molecule has 1 aliphatic carbocycles. The van der Waals surface area contributed by atoms with E-state index in [2.05, 4.69) is 25.4 Å². The standard InChI is InChI=1S/C39H46Cl2N8O5/c1-22(50)18-48-16-14-31-29(20-48)42-35(46(31)2)37(51)44-27-8-4-6-25(33(27)40)26-7-5-9-28(34(26)41)45-38(52)36-43-30-21-49(17-15-32(30)47(36)3)19-23-10-12-24(13-11-23)39(53)54/h4-9,22-24,50H,10-21H2,1-3H3,(H,44,51)(H,45,52)(H,53,54)/t22-,23-,24-/m1/s1. The summed E-state index contributed by atoms with van der Waals surface area (Å²) >= 11 is 13.9. The normalized spacial score (nSPS) is 19.5. The van der Waals surface area contributed by atoms with E-state index in [-0.39, 0.29) is 27.7 Å². The van der Waals surface area contributed by atoms with Crippen LogP contribution in [-0.2, 0) is 44.8 Å². The number of carbonyl (C=O) groups is 3. The minimum Gasteiger partial charge on any atom is -0.481 e. The zero-order chi connectivity index (χ0) is 38.3. The minimum atomic E-state index is -0.690. The van der Waals surface area contributed by atoms with E-state index in [0.29, 0.717) is 53.9 Å². The van der Waals surface area contributed by atoms with Crippen LogP contribution in [0.25, 0.3) is 11.1 Å². The van der Waals surface area contributed by atoms with Crippen LogP contribution in [0.1, 0.15) is 76.6 Å². The molecule has 0 spiro atoms. The number of carbonyl (C=O) groups excluding carboxylic acids is 2. The number of hydrogen-bond acceptors (Lipinski definition) is 8. The Balaban J connectivity index is 1.03. The Labute approximate surface area is 324 Å². The van der Waals surface area contributed by atoms with Crippen molar-refractivity contribution in [2.45, 2.75) is 64.6 Å². The molecule has 4 heterocycles. The van der Waals surface area contributed by atoms with Gasteiger partial charge in [-0.2, -0.15) is 0 Å². The monoisotopic (exact) mass is 776 g/mol. The van der Waals surface area contributed by atoms with Crippen LogP contribution in [0.3, 0.4) is 0 Å². The number of nitrogens with one attached hydrogen (secondary N) is 2. The first-order valence-electron chi connectivity index (χ1n) is 18.5. The number of nitrogens with zero attached hydrogens (tertiary/aromatic N) is 6. The average Bonchev–Trinajstić information content (AvgIpc) is 3.65. The van der Waals surface area contributed by atoms with Crippen molar-refractivity contribution in [3.05, 3.63) is 80.9 Å². The lowest BCUT2D eigenvalue weighted by Gasteiger charge is -2.33. The number of β-amino-alcohol motifs (C(OH)–C–C–N with tert-alkyl or cyclic N) is 1. The SMILES string of the molecule is C[C@@H](O)CN1CCc2c(nc(C(=O)Nc3cccc(-c4cccc(NC(=O)c5nc6c(n5C)CCN(C[C@H]5CC[C@H](C(=O)O)CC5)C6)c4Cl)c3Cl)n2C)C1. The molecule has 2 aromatic heterocycles. The first-order chi connectivity index (χ1) is 25.9. The summed E-state index contributed by atoms with van der Waals surface area (Å²) in [5, 5.41) is 25.6. The van der Waals surface area contributed by atoms with Crippen LogP contribution in [0.4, 0.5) is 11.4 Å². The van der Waals surface area contributed by atoms with Gasteiger partial charge in [-0.05, 0) is 50.7 Å². The summed E-state index contributed by atoms with van der Waals surface area (Å²) in [7, 11) is 3.68. The number of benzene rings is 2. The van der Waals surface area contributed by atoms with Gasteiger partial charge in [0.2, 0.25) is 0 Å². The maximum atomic E-state index is 13.7. The van der Waals surface area contributed by atoms with E-state index in [9.17, 15) is 24.6 Å². The number of carboxylic acid groups (broad SMARTS) is 1. The molecule has 13 nitrogen and oxygen atoms in total. The summed E-state index contributed by atoms with van der Waals surface area (Å²) in [4.78, 5) is 52.5. The lowest BCUT2D eigenvalue weighted by Crippen LogP contribution is -2.36. The van der Waals surface area contributed by atoms with Crippen LogP contribution >= 0.6 is 23.2 Å². The van der Waals surface area contributed by atoms with Crippen LogP contribution in [0.5, 0.6) is 0 Å². The highest BCUT2D eigenvalue weighted by Gasteiger charge is 2.31. The van der Waals surface area contributed by atoms with E-state index in [0.717, 1.165) is 80.9 Å². The fourth-order valence-corrected chi connectivity index (χ4v) is 8.79. The van der Waals surface area contributed by atoms with Crippen molar-refractivity contribution < 1.29 is 24.6 Å². The lowest BCUT2D eigenvalue weighted by molar-refractivity contribution is -0.143. The Morgan fingerprint density at radius 3 is 1.76 bits per heavy atom. The molecule has 0 radical (unpaired) electrons. The first-order valence-corrected chi connectivity index (χ1v) is 19.3. The van der Waals surface area contributed by atoms with Crippen LogP contribution in [0, 0.1) is 11.8 Å². The molecular weight excluding hydrogens is 731 g/mol. The van der Waals surface area contributed by atoms with Gasteiger partial charge >= 0.3 is 5.97 Å². The third-order valence-corrected chi connectivity index (χ3v) is 11.9. The molecular formula is C39H46Cl2N8O5. The number of anilines is 2. The Morgan fingerprint density at radius 2 is 1.28 bits per heavy atom. The molecule has 1 atom stereocenters. The number of aliphatic hydroxyl groups is 1. The van der Waals surface area contributed by atoms with E-state index >= 15 is 0 Å². The summed E-state index contributed by atoms with van der Waals surface area (Å²) in [5.41, 5.74) is 5.66. The molecule has 1 saturated carbocycles. The van der Waals surface area contributed by atoms with Gasteiger partial charge in [-0.15, -0.1) is 0 Å². The predicted molar refractivity (Wildman–Crippen MR) is 207 cm³/mol. The number of aromatic nitrogens is 4. The lowest BCUT2D eigenvalue weighted by atomic mass is 9.81. The van der Waals surface area contributed by atoms with Crippen LogP contribution < -0.4 is 10.6 Å². The number of fused-ring (bicyclic) bond motifs is 2. The van der Waals surface area contributed by atoms with Gasteiger partial charge in [-0.25, -0.2) is 9.97 Å². The Kier molecular flexibility index (Phi) is 11.1. The summed E-state index contributed by atoms with van der Waals surface area (Å²) in [5.74, 6) is -0.674. The second kappa shape index (κ2) is 15.8. The maximum absolute atomic E-state index is 13.7. The number of amides is 2. The molecule has 2 amide bonds. The van der Waals surface area contributed by atoms with Crippen molar-refractivity contribution in [3.8, 4) is 11.1 Å². The van der Waals surface area contributed by atoms with Crippen LogP contribution in [-0.4, -0.2) is 89.2 Å². The van der Waals surface area contributed by atoms with Crippen molar-refractivity contribution in [2.75, 3.05) is 36.8 Å². The quantitative estimate of drug-likeness (QED) is 0.161. The van der Waals surface area contributed by atoms with Crippen LogP contribution in [0.15, 0.2) is 36.4 Å². The Morgan fingerprint density at radius 1 is 0.796 bits per heavy atom. The van der Waals surface area contributed by atoms with Gasteiger partial charge in [0.25, 0.3) is 11.8 Å². The van der Waals surface area contributed by atoms with Gasteiger partial charge in [0.1, 0.15) is 0 Å². The average molecular weight is 778 g/mol. The topological polar surface area (TPSA) is 158 Å². The van der Waals surface area contributed by atoms with Crippen molar-refractivity contribution in [3.63, 3.8) is 0 Å². The number of aliphatic carboxylic acids is 1. The van der Waals surface area contributed by atoms with Crippen molar-refractivity contribution in [2.24, 2.45) is 25.9 Å². The van der Waals surface area contributed by atoms with Gasteiger partial charge in [0.15, 0.2) is 11.6 Å². The second-order valence-corrected chi connectivity index (χ2v) is 15.6. The summed E-state index contributed by atoms with van der Waals surface area (Å²) in [6.07, 6.45) is 4.32. The molecule has 1 fully saturated rings. The van der Waals surface area contributed by atoms with Gasteiger partial charge in [0, 0.05) is 88.7 Å². The molecule has 7 rings (SSSR count). The molecule has 15 heteroatoms. The van der Waals surface area contributed by atoms with Gasteiger partial charge in [-0.3, -0.25) is 24.2 Å². The molecule has 286 valence electrons. The van der Waals surface area contributed by atoms with Gasteiger partial charge in [0.05, 0.1) is 44.8 Å². The molecule has 2 aliphatic heterocycles. The highest BCUT2D eigenvalue weighted by Crippen LogP contribution is 2.40. The Bertz CT molecular complexity index is 2090. The van der Waals surface area contributed by atoms with Gasteiger partial charge < -0.3 is 30.0 Å². The third-order valence-electron chi connectivity index (χ3n) is 11.1. The zero-order valence-electron chi connectivity index (χ0n) is 30.7. The first kappa shape index (κ1) is 38.0. The Hall–Kier alpha value is -4.27. The van der Waals surface area contributed by atoms with Crippen LogP contribution in [0.2, 0.25) is 10.0 Å². The van der Waals surface area contributed by atoms with Crippen molar-refractivity contribution >= 4 is 52.4 Å². The third kappa shape index (κ3) is 7.78. The molecule has 4 N–H and O–H groups in total. The fraction of sp³-hybridized carbons (Fsp3) is 0.462. The summed E-state index contributed by atoms with van der Waals surface area (Å²) in [6, 6.07) is 10.6. The number of carboxylic acids is 1. The van der Waals surface area contributed by atoms with Gasteiger partial charge in [-0.1, -0.05) is 47.5 Å². The highest BCUT2D eigenvalue weighted by molar-refractivity contribution is 6.40. The van der Waals surface area contributed by atoms with E-state index in [1.807, 2.05) is 23.2 Å². The van der Waals surface area contributed by atoms with E-state index in [4.69, 9.17) is 28.2 Å². The molecule has 3 aliphatic rings. The zero-order valence-corrected chi connectivity index (χ0v) is 32.3. The smallest absolute Gasteiger partial charge is 0.306 e. The molecule has 0 saturated heterocycles. The largest absolute Gasteiger partial charge is 0.481 e. The highest BCUT2D eigenvalue weighted by atomic mass is 35.5. The minimum absolute atomic E-state index is 0.227. The van der Waals surface area contributed by atoms with E-state index in [1.165, 1.54) is 0 Å². The summed E-state index contributed by atoms with van der Waals surface area (Å²) in [6.45, 7) is 6.02. The molecule has 4 aromatic rings. The van der Waals surface area contributed by atoms with Crippen molar-refractivity contribution in [1.82, 2.24) is 28.9 Å². The molecule has 2 aromatic carbocycles. The predicted octanol–water partition coefficient (Wildman–Crippen LogP) is 5.62.